The SMILES string of the molecule is Nc1csc(NN=Cc2ccccc2COc2cccc(F)c2)n1. The monoisotopic (exact) mass is 342 g/mol. The van der Waals surface area contributed by atoms with E-state index >= 15 is 0 Å². The normalized spacial score (nSPS) is 10.9. The molecule has 3 N–H and O–H groups in total. The van der Waals surface area contributed by atoms with Crippen LogP contribution in [0.25, 0.3) is 0 Å². The zero-order chi connectivity index (χ0) is 16.8. The predicted molar refractivity (Wildman–Crippen MR) is 94.9 cm³/mol. The van der Waals surface area contributed by atoms with Gasteiger partial charge in [-0.05, 0) is 17.7 Å². The predicted octanol–water partition coefficient (Wildman–Crippen LogP) is 3.89. The van der Waals surface area contributed by atoms with Gasteiger partial charge in [0.05, 0.1) is 6.21 Å². The van der Waals surface area contributed by atoms with Gasteiger partial charge in [-0.3, -0.25) is 5.43 Å². The van der Waals surface area contributed by atoms with E-state index in [0.29, 0.717) is 23.3 Å². The molecule has 2 aromatic carbocycles. The zero-order valence-electron chi connectivity index (χ0n) is 12.6. The quantitative estimate of drug-likeness (QED) is 0.526. The van der Waals surface area contributed by atoms with Gasteiger partial charge in [0, 0.05) is 17.0 Å². The second-order valence-electron chi connectivity index (χ2n) is 4.89. The zero-order valence-corrected chi connectivity index (χ0v) is 13.5. The van der Waals surface area contributed by atoms with Gasteiger partial charge < -0.3 is 10.5 Å². The fourth-order valence-electron chi connectivity index (χ4n) is 2.00. The number of halogens is 1. The molecule has 0 amide bonds. The van der Waals surface area contributed by atoms with Gasteiger partial charge >= 0.3 is 0 Å². The molecule has 0 bridgehead atoms. The maximum Gasteiger partial charge on any atom is 0.205 e. The molecule has 5 nitrogen and oxygen atoms in total. The Morgan fingerprint density at radius 1 is 1.25 bits per heavy atom. The van der Waals surface area contributed by atoms with Gasteiger partial charge in [0.1, 0.15) is 24.0 Å². The molecule has 0 aliphatic rings. The Morgan fingerprint density at radius 3 is 2.92 bits per heavy atom. The fourth-order valence-corrected chi connectivity index (χ4v) is 2.55. The molecule has 3 rings (SSSR count). The van der Waals surface area contributed by atoms with Crippen molar-refractivity contribution in [1.29, 1.82) is 0 Å². The first kappa shape index (κ1) is 15.9. The summed E-state index contributed by atoms with van der Waals surface area (Å²) in [7, 11) is 0. The Bertz CT molecular complexity index is 850. The summed E-state index contributed by atoms with van der Waals surface area (Å²) in [6.07, 6.45) is 1.68. The molecule has 0 spiro atoms. The Balaban J connectivity index is 1.66. The second kappa shape index (κ2) is 7.56. The van der Waals surface area contributed by atoms with Crippen LogP contribution in [-0.4, -0.2) is 11.2 Å². The summed E-state index contributed by atoms with van der Waals surface area (Å²) in [6, 6.07) is 13.7. The van der Waals surface area contributed by atoms with Crippen molar-refractivity contribution < 1.29 is 9.13 Å². The third-order valence-electron chi connectivity index (χ3n) is 3.13. The molecular formula is C17H15FN4OS. The topological polar surface area (TPSA) is 72.5 Å². The Morgan fingerprint density at radius 2 is 2.12 bits per heavy atom. The number of aromatic nitrogens is 1. The minimum absolute atomic E-state index is 0.315. The number of nitrogens with zero attached hydrogens (tertiary/aromatic N) is 2. The first-order chi connectivity index (χ1) is 11.7. The van der Waals surface area contributed by atoms with Crippen molar-refractivity contribution in [2.75, 3.05) is 11.2 Å². The minimum Gasteiger partial charge on any atom is -0.489 e. The Kier molecular flexibility index (Phi) is 5.02. The highest BCUT2D eigenvalue weighted by Crippen LogP contribution is 2.17. The molecule has 0 fully saturated rings. The number of nitrogens with two attached hydrogens (primary N) is 1. The van der Waals surface area contributed by atoms with Crippen LogP contribution in [0.3, 0.4) is 0 Å². The molecule has 0 unspecified atom stereocenters. The number of nitrogens with one attached hydrogen (secondary N) is 1. The average molecular weight is 342 g/mol. The van der Waals surface area contributed by atoms with Crippen LogP contribution in [0.4, 0.5) is 15.3 Å². The molecule has 3 aromatic rings. The van der Waals surface area contributed by atoms with Crippen molar-refractivity contribution in [3.8, 4) is 5.75 Å². The lowest BCUT2D eigenvalue weighted by Gasteiger charge is -2.08. The first-order valence-electron chi connectivity index (χ1n) is 7.17. The number of hydrogen-bond donors (Lipinski definition) is 2. The fraction of sp³-hybridized carbons (Fsp3) is 0.0588. The van der Waals surface area contributed by atoms with E-state index in [1.165, 1.54) is 23.5 Å². The van der Waals surface area contributed by atoms with Gasteiger partial charge in [0.2, 0.25) is 5.13 Å². The molecule has 0 radical (unpaired) electrons. The van der Waals surface area contributed by atoms with Gasteiger partial charge in [0.25, 0.3) is 0 Å². The summed E-state index contributed by atoms with van der Waals surface area (Å²) in [5.74, 6) is 0.619. The molecule has 0 aliphatic carbocycles. The third kappa shape index (κ3) is 4.30. The highest BCUT2D eigenvalue weighted by molar-refractivity contribution is 7.14. The van der Waals surface area contributed by atoms with Crippen molar-refractivity contribution in [3.63, 3.8) is 0 Å². The average Bonchev–Trinajstić information content (AvgIpc) is 2.99. The van der Waals surface area contributed by atoms with E-state index in [4.69, 9.17) is 10.5 Å². The maximum absolute atomic E-state index is 13.2. The van der Waals surface area contributed by atoms with Crippen LogP contribution in [0.1, 0.15) is 11.1 Å². The lowest BCUT2D eigenvalue weighted by molar-refractivity contribution is 0.304. The van der Waals surface area contributed by atoms with Crippen LogP contribution >= 0.6 is 11.3 Å². The summed E-state index contributed by atoms with van der Waals surface area (Å²) in [5.41, 5.74) is 10.2. The number of hydrogen-bond acceptors (Lipinski definition) is 6. The van der Waals surface area contributed by atoms with Crippen LogP contribution in [0, 0.1) is 5.82 Å². The number of anilines is 2. The van der Waals surface area contributed by atoms with Crippen molar-refractivity contribution in [2.45, 2.75) is 6.61 Å². The molecule has 0 aliphatic heterocycles. The summed E-state index contributed by atoms with van der Waals surface area (Å²) >= 11 is 1.38. The summed E-state index contributed by atoms with van der Waals surface area (Å²) in [6.45, 7) is 0.315. The number of ether oxygens (including phenoxy) is 1. The Labute approximate surface area is 142 Å². The van der Waals surface area contributed by atoms with Crippen LogP contribution < -0.4 is 15.9 Å². The van der Waals surface area contributed by atoms with Crippen LogP contribution in [0.15, 0.2) is 59.0 Å². The Hall–Kier alpha value is -2.93. The number of hydrazone groups is 1. The van der Waals surface area contributed by atoms with E-state index < -0.39 is 0 Å². The lowest BCUT2D eigenvalue weighted by atomic mass is 10.1. The van der Waals surface area contributed by atoms with Crippen molar-refractivity contribution >= 4 is 28.5 Å². The van der Waals surface area contributed by atoms with Crippen LogP contribution in [-0.2, 0) is 6.61 Å². The van der Waals surface area contributed by atoms with Gasteiger partial charge in [-0.1, -0.05) is 30.3 Å². The highest BCUT2D eigenvalue weighted by atomic mass is 32.1. The summed E-state index contributed by atoms with van der Waals surface area (Å²) in [5, 5.41) is 6.51. The van der Waals surface area contributed by atoms with E-state index in [1.807, 2.05) is 24.3 Å². The van der Waals surface area contributed by atoms with Crippen LogP contribution in [0.2, 0.25) is 0 Å². The summed E-state index contributed by atoms with van der Waals surface area (Å²) < 4.78 is 18.8. The van der Waals surface area contributed by atoms with Gasteiger partial charge in [-0.15, -0.1) is 11.3 Å². The molecule has 0 atom stereocenters. The smallest absolute Gasteiger partial charge is 0.205 e. The first-order valence-corrected chi connectivity index (χ1v) is 8.05. The van der Waals surface area contributed by atoms with Gasteiger partial charge in [-0.2, -0.15) is 5.10 Å². The second-order valence-corrected chi connectivity index (χ2v) is 5.75. The molecule has 24 heavy (non-hydrogen) atoms. The molecule has 0 saturated carbocycles. The third-order valence-corrected chi connectivity index (χ3v) is 3.90. The maximum atomic E-state index is 13.2. The van der Waals surface area contributed by atoms with Gasteiger partial charge in [0.15, 0.2) is 0 Å². The van der Waals surface area contributed by atoms with Crippen LogP contribution in [0.5, 0.6) is 5.75 Å². The van der Waals surface area contributed by atoms with Crippen molar-refractivity contribution in [3.05, 3.63) is 70.9 Å². The van der Waals surface area contributed by atoms with E-state index in [0.717, 1.165) is 11.1 Å². The molecular weight excluding hydrogens is 327 g/mol. The number of benzene rings is 2. The largest absolute Gasteiger partial charge is 0.489 e. The van der Waals surface area contributed by atoms with E-state index in [2.05, 4.69) is 15.5 Å². The standard InChI is InChI=1S/C17H15FN4OS/c18-14-6-3-7-15(8-14)23-10-13-5-2-1-4-12(13)9-20-22-17-21-16(19)11-24-17/h1-9,11H,10,19H2,(H,21,22). The summed E-state index contributed by atoms with van der Waals surface area (Å²) in [4.78, 5) is 4.06. The number of thiazole rings is 1. The lowest BCUT2D eigenvalue weighted by Crippen LogP contribution is -2.01. The minimum atomic E-state index is -0.325. The number of nitrogen functional groups attached to an aromatic ring is 1. The molecule has 7 heteroatoms. The van der Waals surface area contributed by atoms with E-state index in [-0.39, 0.29) is 5.82 Å². The van der Waals surface area contributed by atoms with Crippen molar-refractivity contribution in [2.24, 2.45) is 5.10 Å². The van der Waals surface area contributed by atoms with E-state index in [9.17, 15) is 4.39 Å². The van der Waals surface area contributed by atoms with Gasteiger partial charge in [-0.25, -0.2) is 9.37 Å². The highest BCUT2D eigenvalue weighted by Gasteiger charge is 2.02. The molecule has 1 aromatic heterocycles. The number of rotatable bonds is 6. The molecule has 1 heterocycles. The van der Waals surface area contributed by atoms with E-state index in [1.54, 1.807) is 23.7 Å². The molecule has 0 saturated heterocycles. The van der Waals surface area contributed by atoms with Crippen molar-refractivity contribution in [1.82, 2.24) is 4.98 Å². The molecule has 122 valence electrons.